The van der Waals surface area contributed by atoms with Crippen LogP contribution in [0.5, 0.6) is 0 Å². The summed E-state index contributed by atoms with van der Waals surface area (Å²) in [5, 5.41) is 17.9. The van der Waals surface area contributed by atoms with Crippen LogP contribution >= 0.6 is 11.8 Å². The van der Waals surface area contributed by atoms with Crippen molar-refractivity contribution in [2.45, 2.75) is 37.6 Å². The van der Waals surface area contributed by atoms with Crippen LogP contribution in [-0.2, 0) is 4.79 Å². The number of thioether (sulfide) groups is 1. The minimum atomic E-state index is -0.293. The zero-order valence-corrected chi connectivity index (χ0v) is 17.7. The number of amides is 1. The fourth-order valence-corrected chi connectivity index (χ4v) is 4.30. The molecule has 4 rings (SSSR count). The zero-order chi connectivity index (χ0) is 20.8. The standard InChI is InChI=1S/C20H26N8OS/c1-2-7-21-8-3-4-9-22-18(29)20-27-16-17(23-12-24-19(16)30-20)26-14-5-6-15-13(10-14)11-25-28-15/h5-6,10-12,16,19,21H,2-4,7-9H2,1H3,(H,22,29)(H,25,28)(H,23,24,26). The molecule has 0 saturated carbocycles. The van der Waals surface area contributed by atoms with Crippen molar-refractivity contribution in [2.75, 3.05) is 25.0 Å². The van der Waals surface area contributed by atoms with Crippen LogP contribution in [0.3, 0.4) is 0 Å². The molecule has 4 N–H and O–H groups in total. The first-order valence-corrected chi connectivity index (χ1v) is 11.2. The van der Waals surface area contributed by atoms with Crippen molar-refractivity contribution < 1.29 is 4.79 Å². The number of hydrogen-bond donors (Lipinski definition) is 4. The third-order valence-corrected chi connectivity index (χ3v) is 5.98. The number of unbranched alkanes of at least 4 members (excludes halogenated alkanes) is 1. The van der Waals surface area contributed by atoms with Crippen LogP contribution in [0.15, 0.2) is 39.4 Å². The zero-order valence-electron chi connectivity index (χ0n) is 16.9. The van der Waals surface area contributed by atoms with E-state index in [4.69, 9.17) is 0 Å². The molecule has 2 unspecified atom stereocenters. The van der Waals surface area contributed by atoms with Crippen molar-refractivity contribution >= 4 is 51.5 Å². The minimum Gasteiger partial charge on any atom is -0.350 e. The van der Waals surface area contributed by atoms with Crippen molar-refractivity contribution in [1.29, 1.82) is 0 Å². The van der Waals surface area contributed by atoms with Crippen molar-refractivity contribution in [2.24, 2.45) is 15.0 Å². The first-order chi connectivity index (χ1) is 14.7. The van der Waals surface area contributed by atoms with Crippen LogP contribution < -0.4 is 16.0 Å². The van der Waals surface area contributed by atoms with Gasteiger partial charge in [0.1, 0.15) is 23.6 Å². The first-order valence-electron chi connectivity index (χ1n) is 10.3. The summed E-state index contributed by atoms with van der Waals surface area (Å²) in [5.41, 5.74) is 1.87. The molecule has 0 saturated heterocycles. The molecule has 1 aromatic carbocycles. The van der Waals surface area contributed by atoms with Crippen molar-refractivity contribution in [1.82, 2.24) is 20.8 Å². The molecule has 1 amide bonds. The lowest BCUT2D eigenvalue weighted by atomic mass is 10.2. The van der Waals surface area contributed by atoms with Crippen LogP contribution in [0.2, 0.25) is 0 Å². The first kappa shape index (κ1) is 20.5. The van der Waals surface area contributed by atoms with Crippen LogP contribution in [0, 0.1) is 0 Å². The summed E-state index contributed by atoms with van der Waals surface area (Å²) in [7, 11) is 0. The number of carbonyl (C=O) groups is 1. The van der Waals surface area contributed by atoms with Gasteiger partial charge in [0.15, 0.2) is 5.04 Å². The number of nitrogens with one attached hydrogen (secondary N) is 4. The summed E-state index contributed by atoms with van der Waals surface area (Å²) in [4.78, 5) is 25.9. The maximum absolute atomic E-state index is 12.5. The quantitative estimate of drug-likeness (QED) is 0.458. The van der Waals surface area contributed by atoms with Gasteiger partial charge in [0.05, 0.1) is 11.7 Å². The topological polar surface area (TPSA) is 119 Å². The normalized spacial score (nSPS) is 20.0. The number of carbonyl (C=O) groups excluding carboxylic acids is 1. The Morgan fingerprint density at radius 2 is 2.13 bits per heavy atom. The van der Waals surface area contributed by atoms with Crippen molar-refractivity contribution in [3.8, 4) is 0 Å². The lowest BCUT2D eigenvalue weighted by Crippen LogP contribution is -2.34. The van der Waals surface area contributed by atoms with Crippen LogP contribution in [0.25, 0.3) is 10.9 Å². The average Bonchev–Trinajstić information content (AvgIpc) is 3.40. The monoisotopic (exact) mass is 426 g/mol. The molecule has 3 heterocycles. The molecule has 2 atom stereocenters. The van der Waals surface area contributed by atoms with Crippen molar-refractivity contribution in [3.05, 3.63) is 24.4 Å². The molecular weight excluding hydrogens is 400 g/mol. The molecule has 0 radical (unpaired) electrons. The molecule has 0 spiro atoms. The van der Waals surface area contributed by atoms with E-state index in [1.807, 2.05) is 18.2 Å². The number of nitrogens with zero attached hydrogens (tertiary/aromatic N) is 4. The molecule has 0 fully saturated rings. The highest BCUT2D eigenvalue weighted by molar-refractivity contribution is 8.16. The lowest BCUT2D eigenvalue weighted by molar-refractivity contribution is -0.114. The molecule has 0 bridgehead atoms. The van der Waals surface area contributed by atoms with E-state index in [-0.39, 0.29) is 17.3 Å². The van der Waals surface area contributed by atoms with Gasteiger partial charge in [-0.15, -0.1) is 0 Å². The number of aromatic nitrogens is 2. The Morgan fingerprint density at radius 3 is 3.03 bits per heavy atom. The molecular formula is C20H26N8OS. The molecule has 1 aromatic heterocycles. The highest BCUT2D eigenvalue weighted by Gasteiger charge is 2.37. The van der Waals surface area contributed by atoms with Gasteiger partial charge in [-0.2, -0.15) is 5.10 Å². The highest BCUT2D eigenvalue weighted by Crippen LogP contribution is 2.31. The fraction of sp³-hybridized carbons (Fsp3) is 0.450. The third kappa shape index (κ3) is 4.88. The number of anilines is 1. The fourth-order valence-electron chi connectivity index (χ4n) is 3.29. The molecule has 2 aliphatic heterocycles. The number of aliphatic imine (C=N–C) groups is 3. The summed E-state index contributed by atoms with van der Waals surface area (Å²) in [6.45, 7) is 4.82. The van der Waals surface area contributed by atoms with Crippen LogP contribution in [0.1, 0.15) is 26.2 Å². The minimum absolute atomic E-state index is 0.134. The van der Waals surface area contributed by atoms with E-state index in [1.165, 1.54) is 18.1 Å². The summed E-state index contributed by atoms with van der Waals surface area (Å²) >= 11 is 1.39. The van der Waals surface area contributed by atoms with Crippen molar-refractivity contribution in [3.63, 3.8) is 0 Å². The Morgan fingerprint density at radius 1 is 1.23 bits per heavy atom. The van der Waals surface area contributed by atoms with Gasteiger partial charge in [-0.3, -0.25) is 19.9 Å². The molecule has 9 nitrogen and oxygen atoms in total. The Bertz CT molecular complexity index is 982. The maximum atomic E-state index is 12.5. The Hall–Kier alpha value is -2.72. The van der Waals surface area contributed by atoms with Gasteiger partial charge in [0.25, 0.3) is 5.91 Å². The Labute approximate surface area is 179 Å². The van der Waals surface area contributed by atoms with E-state index in [0.29, 0.717) is 17.4 Å². The summed E-state index contributed by atoms with van der Waals surface area (Å²) in [6, 6.07) is 5.62. The predicted molar refractivity (Wildman–Crippen MR) is 124 cm³/mol. The van der Waals surface area contributed by atoms with E-state index in [9.17, 15) is 4.79 Å². The molecule has 158 valence electrons. The van der Waals surface area contributed by atoms with E-state index >= 15 is 0 Å². The third-order valence-electron chi connectivity index (χ3n) is 4.85. The SMILES string of the molecule is CCCNCCCCNC(=O)C1=NC2C(Nc3ccc4[nH]ncc4c3)=NC=NC2S1. The molecule has 10 heteroatoms. The van der Waals surface area contributed by atoms with Gasteiger partial charge >= 0.3 is 0 Å². The van der Waals surface area contributed by atoms with Gasteiger partial charge in [-0.1, -0.05) is 18.7 Å². The van der Waals surface area contributed by atoms with Crippen LogP contribution in [-0.4, -0.2) is 64.4 Å². The van der Waals surface area contributed by atoms with E-state index in [2.05, 4.69) is 48.0 Å². The summed E-state index contributed by atoms with van der Waals surface area (Å²) < 4.78 is 0. The largest absolute Gasteiger partial charge is 0.350 e. The molecule has 2 aliphatic rings. The van der Waals surface area contributed by atoms with Crippen LogP contribution in [0.4, 0.5) is 5.69 Å². The summed E-state index contributed by atoms with van der Waals surface area (Å²) in [6.07, 6.45) is 6.43. The number of amidine groups is 1. The molecule has 2 aromatic rings. The number of fused-ring (bicyclic) bond motifs is 2. The van der Waals surface area contributed by atoms with E-state index in [1.54, 1.807) is 6.20 Å². The Kier molecular flexibility index (Phi) is 6.75. The average molecular weight is 427 g/mol. The smallest absolute Gasteiger partial charge is 0.276 e. The number of aromatic amines is 1. The highest BCUT2D eigenvalue weighted by atomic mass is 32.2. The number of rotatable bonds is 9. The second-order valence-corrected chi connectivity index (χ2v) is 8.28. The van der Waals surface area contributed by atoms with Gasteiger partial charge in [-0.05, 0) is 50.6 Å². The maximum Gasteiger partial charge on any atom is 0.276 e. The van der Waals surface area contributed by atoms with Gasteiger partial charge in [0, 0.05) is 17.6 Å². The number of H-pyrrole nitrogens is 1. The Balaban J connectivity index is 1.32. The summed E-state index contributed by atoms with van der Waals surface area (Å²) in [5.74, 6) is 0.556. The number of hydrogen-bond acceptors (Lipinski definition) is 8. The second-order valence-electron chi connectivity index (χ2n) is 7.18. The van der Waals surface area contributed by atoms with Gasteiger partial charge < -0.3 is 16.0 Å². The number of benzene rings is 1. The van der Waals surface area contributed by atoms with E-state index < -0.39 is 0 Å². The van der Waals surface area contributed by atoms with Gasteiger partial charge in [-0.25, -0.2) is 4.99 Å². The van der Waals surface area contributed by atoms with E-state index in [0.717, 1.165) is 48.9 Å². The predicted octanol–water partition coefficient (Wildman–Crippen LogP) is 2.15. The van der Waals surface area contributed by atoms with Gasteiger partial charge in [0.2, 0.25) is 0 Å². The molecule has 0 aliphatic carbocycles. The second kappa shape index (κ2) is 9.86. The molecule has 30 heavy (non-hydrogen) atoms. The lowest BCUT2D eigenvalue weighted by Gasteiger charge is -2.19.